The quantitative estimate of drug-likeness (QED) is 0.913. The van der Waals surface area contributed by atoms with Gasteiger partial charge in [0.2, 0.25) is 0 Å². The van der Waals surface area contributed by atoms with Crippen molar-refractivity contribution < 1.29 is 4.79 Å². The van der Waals surface area contributed by atoms with Gasteiger partial charge in [0.05, 0.1) is 0 Å². The Bertz CT molecular complexity index is 632. The molecule has 1 aliphatic heterocycles. The first-order chi connectivity index (χ1) is 11.3. The molecule has 3 rings (SSSR count). The second-order valence-electron chi connectivity index (χ2n) is 5.92. The third kappa shape index (κ3) is 3.76. The lowest BCUT2D eigenvalue weighted by molar-refractivity contribution is 0.0690. The molecule has 1 amide bonds. The summed E-state index contributed by atoms with van der Waals surface area (Å²) in [5.41, 5.74) is 0.689. The van der Waals surface area contributed by atoms with E-state index < -0.39 is 0 Å². The van der Waals surface area contributed by atoms with E-state index >= 15 is 0 Å². The van der Waals surface area contributed by atoms with Crippen molar-refractivity contribution in [2.45, 2.75) is 19.8 Å². The van der Waals surface area contributed by atoms with Crippen molar-refractivity contribution in [1.82, 2.24) is 24.8 Å². The Balaban J connectivity index is 1.64. The molecule has 0 radical (unpaired) electrons. The van der Waals surface area contributed by atoms with Gasteiger partial charge in [0.25, 0.3) is 5.91 Å². The maximum atomic E-state index is 12.7. The SMILES string of the molecule is CCNCC1CCN(C(=O)c2ccnc(-n3ccnc3)c2)CC1. The fourth-order valence-electron chi connectivity index (χ4n) is 2.96. The van der Waals surface area contributed by atoms with E-state index in [0.29, 0.717) is 11.5 Å². The molecule has 3 heterocycles. The van der Waals surface area contributed by atoms with Crippen molar-refractivity contribution in [3.05, 3.63) is 42.6 Å². The van der Waals surface area contributed by atoms with E-state index in [0.717, 1.165) is 44.8 Å². The predicted octanol–water partition coefficient (Wildman–Crippen LogP) is 1.73. The van der Waals surface area contributed by atoms with Crippen LogP contribution in [0.25, 0.3) is 5.82 Å². The fourth-order valence-corrected chi connectivity index (χ4v) is 2.96. The second kappa shape index (κ2) is 7.37. The van der Waals surface area contributed by atoms with Crippen molar-refractivity contribution in [3.63, 3.8) is 0 Å². The number of nitrogens with zero attached hydrogens (tertiary/aromatic N) is 4. The fraction of sp³-hybridized carbons (Fsp3) is 0.471. The van der Waals surface area contributed by atoms with E-state index in [1.807, 2.05) is 17.2 Å². The van der Waals surface area contributed by atoms with E-state index in [4.69, 9.17) is 0 Å². The molecule has 0 aliphatic carbocycles. The highest BCUT2D eigenvalue weighted by molar-refractivity contribution is 5.94. The first-order valence-corrected chi connectivity index (χ1v) is 8.22. The van der Waals surface area contributed by atoms with Crippen LogP contribution in [0.4, 0.5) is 0 Å². The van der Waals surface area contributed by atoms with Crippen LogP contribution >= 0.6 is 0 Å². The Hall–Kier alpha value is -2.21. The topological polar surface area (TPSA) is 63.1 Å². The Morgan fingerprint density at radius 1 is 1.35 bits per heavy atom. The number of carbonyl (C=O) groups excluding carboxylic acids is 1. The van der Waals surface area contributed by atoms with Crippen LogP contribution in [-0.2, 0) is 0 Å². The average Bonchev–Trinajstić information content (AvgIpc) is 3.14. The molecule has 1 aliphatic rings. The molecule has 0 saturated carbocycles. The van der Waals surface area contributed by atoms with Crippen LogP contribution in [-0.4, -0.2) is 51.5 Å². The van der Waals surface area contributed by atoms with Gasteiger partial charge in [-0.15, -0.1) is 0 Å². The van der Waals surface area contributed by atoms with Gasteiger partial charge < -0.3 is 10.2 Å². The van der Waals surface area contributed by atoms with Crippen molar-refractivity contribution >= 4 is 5.91 Å². The van der Waals surface area contributed by atoms with Crippen molar-refractivity contribution in [1.29, 1.82) is 0 Å². The zero-order valence-corrected chi connectivity index (χ0v) is 13.5. The van der Waals surface area contributed by atoms with E-state index in [9.17, 15) is 4.79 Å². The van der Waals surface area contributed by atoms with E-state index in [1.54, 1.807) is 29.4 Å². The maximum absolute atomic E-state index is 12.7. The molecule has 1 N–H and O–H groups in total. The predicted molar refractivity (Wildman–Crippen MR) is 88.5 cm³/mol. The Kier molecular flexibility index (Phi) is 5.02. The van der Waals surface area contributed by atoms with Gasteiger partial charge in [-0.25, -0.2) is 9.97 Å². The number of carbonyl (C=O) groups is 1. The smallest absolute Gasteiger partial charge is 0.254 e. The summed E-state index contributed by atoms with van der Waals surface area (Å²) in [7, 11) is 0. The van der Waals surface area contributed by atoms with Gasteiger partial charge in [0, 0.05) is 37.2 Å². The highest BCUT2D eigenvalue weighted by atomic mass is 16.2. The minimum atomic E-state index is 0.0932. The van der Waals surface area contributed by atoms with Gasteiger partial charge in [0.1, 0.15) is 12.1 Å². The Morgan fingerprint density at radius 3 is 2.87 bits per heavy atom. The van der Waals surface area contributed by atoms with Crippen LogP contribution in [0.1, 0.15) is 30.1 Å². The second-order valence-corrected chi connectivity index (χ2v) is 5.92. The van der Waals surface area contributed by atoms with E-state index in [2.05, 4.69) is 22.2 Å². The standard InChI is InChI=1S/C17H23N5O/c1-2-18-12-14-4-8-21(9-5-14)17(23)15-3-6-20-16(11-15)22-10-7-19-13-22/h3,6-7,10-11,13-14,18H,2,4-5,8-9,12H2,1H3. The number of imidazole rings is 1. The molecule has 0 spiro atoms. The number of rotatable bonds is 5. The number of pyridine rings is 1. The number of aromatic nitrogens is 3. The van der Waals surface area contributed by atoms with Gasteiger partial charge in [0.15, 0.2) is 0 Å². The first kappa shape index (κ1) is 15.7. The molecule has 0 aromatic carbocycles. The zero-order chi connectivity index (χ0) is 16.1. The maximum Gasteiger partial charge on any atom is 0.254 e. The number of hydrogen-bond donors (Lipinski definition) is 1. The zero-order valence-electron chi connectivity index (χ0n) is 13.5. The summed E-state index contributed by atoms with van der Waals surface area (Å²) in [4.78, 5) is 23.0. The molecular weight excluding hydrogens is 290 g/mol. The highest BCUT2D eigenvalue weighted by Crippen LogP contribution is 2.19. The highest BCUT2D eigenvalue weighted by Gasteiger charge is 2.23. The van der Waals surface area contributed by atoms with Crippen LogP contribution in [0, 0.1) is 5.92 Å². The summed E-state index contributed by atoms with van der Waals surface area (Å²) in [6.07, 6.45) is 9.02. The molecule has 6 nitrogen and oxygen atoms in total. The van der Waals surface area contributed by atoms with Crippen molar-refractivity contribution in [3.8, 4) is 5.82 Å². The molecule has 0 atom stereocenters. The first-order valence-electron chi connectivity index (χ1n) is 8.22. The third-order valence-corrected chi connectivity index (χ3v) is 4.35. The monoisotopic (exact) mass is 313 g/mol. The molecule has 0 bridgehead atoms. The molecule has 2 aromatic rings. The van der Waals surface area contributed by atoms with Gasteiger partial charge in [-0.1, -0.05) is 6.92 Å². The van der Waals surface area contributed by atoms with Gasteiger partial charge in [-0.2, -0.15) is 0 Å². The van der Waals surface area contributed by atoms with E-state index in [1.165, 1.54) is 0 Å². The van der Waals surface area contributed by atoms with Crippen molar-refractivity contribution in [2.75, 3.05) is 26.2 Å². The Morgan fingerprint density at radius 2 is 2.17 bits per heavy atom. The van der Waals surface area contributed by atoms with Crippen molar-refractivity contribution in [2.24, 2.45) is 5.92 Å². The molecule has 122 valence electrons. The van der Waals surface area contributed by atoms with E-state index in [-0.39, 0.29) is 5.91 Å². The number of hydrogen-bond acceptors (Lipinski definition) is 4. The number of nitrogens with one attached hydrogen (secondary N) is 1. The van der Waals surface area contributed by atoms with Gasteiger partial charge >= 0.3 is 0 Å². The lowest BCUT2D eigenvalue weighted by Crippen LogP contribution is -2.40. The summed E-state index contributed by atoms with van der Waals surface area (Å²) in [6.45, 7) is 5.85. The molecule has 23 heavy (non-hydrogen) atoms. The van der Waals surface area contributed by atoms with Crippen LogP contribution in [0.2, 0.25) is 0 Å². The number of piperidine rings is 1. The number of likely N-dealkylation sites (tertiary alicyclic amines) is 1. The summed E-state index contributed by atoms with van der Waals surface area (Å²) >= 11 is 0. The largest absolute Gasteiger partial charge is 0.339 e. The molecule has 2 aromatic heterocycles. The molecular formula is C17H23N5O. The van der Waals surface area contributed by atoms with Gasteiger partial charge in [-0.05, 0) is 44.0 Å². The lowest BCUT2D eigenvalue weighted by Gasteiger charge is -2.32. The molecule has 6 heteroatoms. The van der Waals surface area contributed by atoms with Crippen LogP contribution in [0.5, 0.6) is 0 Å². The minimum Gasteiger partial charge on any atom is -0.339 e. The lowest BCUT2D eigenvalue weighted by atomic mass is 9.96. The summed E-state index contributed by atoms with van der Waals surface area (Å²) < 4.78 is 1.80. The summed E-state index contributed by atoms with van der Waals surface area (Å²) in [5, 5.41) is 3.40. The van der Waals surface area contributed by atoms with Crippen LogP contribution in [0.3, 0.4) is 0 Å². The van der Waals surface area contributed by atoms with Gasteiger partial charge in [-0.3, -0.25) is 9.36 Å². The molecule has 1 fully saturated rings. The normalized spacial score (nSPS) is 15.8. The average molecular weight is 313 g/mol. The molecule has 1 saturated heterocycles. The van der Waals surface area contributed by atoms with Crippen LogP contribution in [0.15, 0.2) is 37.1 Å². The van der Waals surface area contributed by atoms with Crippen LogP contribution < -0.4 is 5.32 Å². The number of amides is 1. The summed E-state index contributed by atoms with van der Waals surface area (Å²) in [5.74, 6) is 1.49. The third-order valence-electron chi connectivity index (χ3n) is 4.35. The Labute approximate surface area is 136 Å². The summed E-state index contributed by atoms with van der Waals surface area (Å²) in [6, 6.07) is 3.61. The minimum absolute atomic E-state index is 0.0932. The molecule has 0 unspecified atom stereocenters.